The molecule has 0 atom stereocenters. The van der Waals surface area contributed by atoms with E-state index in [1.54, 1.807) is 0 Å². The number of nitrogens with zero attached hydrogens (tertiary/aromatic N) is 3. The van der Waals surface area contributed by atoms with Gasteiger partial charge in [-0.3, -0.25) is 9.69 Å². The second kappa shape index (κ2) is 6.93. The van der Waals surface area contributed by atoms with Gasteiger partial charge in [0.05, 0.1) is 23.0 Å². The van der Waals surface area contributed by atoms with Crippen molar-refractivity contribution in [2.24, 2.45) is 0 Å². The second-order valence-electron chi connectivity index (χ2n) is 6.00. The fourth-order valence-electron chi connectivity index (χ4n) is 2.75. The first-order valence-electron chi connectivity index (χ1n) is 7.93. The number of benzene rings is 1. The van der Waals surface area contributed by atoms with Gasteiger partial charge in [0.25, 0.3) is 0 Å². The first-order chi connectivity index (χ1) is 12.6. The first kappa shape index (κ1) is 16.8. The summed E-state index contributed by atoms with van der Waals surface area (Å²) >= 11 is 1.54. The van der Waals surface area contributed by atoms with Gasteiger partial charge in [-0.05, 0) is 23.6 Å². The molecule has 0 radical (unpaired) electrons. The predicted molar refractivity (Wildman–Crippen MR) is 91.8 cm³/mol. The molecular formula is C17H14F2N4O2S. The summed E-state index contributed by atoms with van der Waals surface area (Å²) in [5.74, 6) is -0.655. The van der Waals surface area contributed by atoms with Crippen LogP contribution in [-0.4, -0.2) is 40.6 Å². The number of carbonyl (C=O) groups excluding carboxylic acids is 1. The Morgan fingerprint density at radius 2 is 2.19 bits per heavy atom. The van der Waals surface area contributed by atoms with Crippen LogP contribution in [-0.2, 0) is 4.79 Å². The zero-order chi connectivity index (χ0) is 18.1. The summed E-state index contributed by atoms with van der Waals surface area (Å²) in [5, 5.41) is 8.36. The summed E-state index contributed by atoms with van der Waals surface area (Å²) < 4.78 is 31.7. The van der Waals surface area contributed by atoms with Crippen LogP contribution >= 0.6 is 11.3 Å². The molecule has 2 aromatic heterocycles. The molecule has 26 heavy (non-hydrogen) atoms. The van der Waals surface area contributed by atoms with Gasteiger partial charge in [-0.15, -0.1) is 11.3 Å². The van der Waals surface area contributed by atoms with Crippen molar-refractivity contribution in [2.75, 3.05) is 25.0 Å². The quantitative estimate of drug-likeness (QED) is 0.741. The highest BCUT2D eigenvalue weighted by molar-refractivity contribution is 7.13. The molecule has 1 aliphatic heterocycles. The van der Waals surface area contributed by atoms with Gasteiger partial charge >= 0.3 is 0 Å². The van der Waals surface area contributed by atoms with Gasteiger partial charge in [0.2, 0.25) is 17.6 Å². The highest BCUT2D eigenvalue weighted by Gasteiger charge is 2.33. The summed E-state index contributed by atoms with van der Waals surface area (Å²) in [6.07, 6.45) is 0. The number of halogens is 2. The van der Waals surface area contributed by atoms with E-state index in [-0.39, 0.29) is 24.1 Å². The predicted octanol–water partition coefficient (Wildman–Crippen LogP) is 3.11. The zero-order valence-corrected chi connectivity index (χ0v) is 14.3. The van der Waals surface area contributed by atoms with Gasteiger partial charge in [-0.1, -0.05) is 11.2 Å². The van der Waals surface area contributed by atoms with Gasteiger partial charge < -0.3 is 9.84 Å². The van der Waals surface area contributed by atoms with E-state index in [1.165, 1.54) is 17.4 Å². The average molecular weight is 376 g/mol. The second-order valence-corrected chi connectivity index (χ2v) is 6.94. The summed E-state index contributed by atoms with van der Waals surface area (Å²) in [7, 11) is 0. The van der Waals surface area contributed by atoms with Gasteiger partial charge in [-0.2, -0.15) is 4.98 Å². The lowest BCUT2D eigenvalue weighted by Gasteiger charge is -2.36. The highest BCUT2D eigenvalue weighted by atomic mass is 32.1. The topological polar surface area (TPSA) is 71.3 Å². The van der Waals surface area contributed by atoms with Crippen LogP contribution in [0.15, 0.2) is 40.2 Å². The minimum absolute atomic E-state index is 0.0361. The lowest BCUT2D eigenvalue weighted by Crippen LogP contribution is -2.48. The Balaban J connectivity index is 1.29. The van der Waals surface area contributed by atoms with Crippen molar-refractivity contribution in [3.05, 3.63) is 53.2 Å². The van der Waals surface area contributed by atoms with Gasteiger partial charge in [0.1, 0.15) is 11.6 Å². The molecule has 1 aromatic carbocycles. The molecule has 1 saturated heterocycles. The number of carbonyl (C=O) groups is 1. The molecule has 0 bridgehead atoms. The van der Waals surface area contributed by atoms with E-state index < -0.39 is 11.6 Å². The Labute approximate surface area is 151 Å². The Morgan fingerprint density at radius 3 is 2.92 bits per heavy atom. The minimum atomic E-state index is -0.799. The molecule has 1 aliphatic rings. The number of nitrogens with one attached hydrogen (secondary N) is 1. The van der Waals surface area contributed by atoms with E-state index in [9.17, 15) is 13.6 Å². The number of aromatic nitrogens is 2. The molecule has 0 saturated carbocycles. The van der Waals surface area contributed by atoms with Crippen molar-refractivity contribution < 1.29 is 18.1 Å². The average Bonchev–Trinajstić information content (AvgIpc) is 3.24. The number of thiophene rings is 1. The lowest BCUT2D eigenvalue weighted by atomic mass is 10.0. The fraction of sp³-hybridized carbons (Fsp3) is 0.235. The molecule has 1 amide bonds. The third-order valence-electron chi connectivity index (χ3n) is 4.06. The summed E-state index contributed by atoms with van der Waals surface area (Å²) in [5.41, 5.74) is -0.0361. The lowest BCUT2D eigenvalue weighted by molar-refractivity contribution is -0.118. The number of anilines is 1. The van der Waals surface area contributed by atoms with Gasteiger partial charge in [0, 0.05) is 19.2 Å². The number of amides is 1. The molecule has 3 aromatic rings. The molecule has 4 rings (SSSR count). The van der Waals surface area contributed by atoms with Crippen molar-refractivity contribution in [3.8, 4) is 10.7 Å². The SMILES string of the molecule is O=C(CN1CC(c2nc(-c3cccs3)no2)C1)Nc1ccc(F)cc1F. The summed E-state index contributed by atoms with van der Waals surface area (Å²) in [4.78, 5) is 19.2. The number of hydrogen-bond acceptors (Lipinski definition) is 6. The molecule has 3 heterocycles. The van der Waals surface area contributed by atoms with E-state index >= 15 is 0 Å². The number of rotatable bonds is 5. The Kier molecular flexibility index (Phi) is 4.48. The van der Waals surface area contributed by atoms with E-state index in [0.717, 1.165) is 17.0 Å². The van der Waals surface area contributed by atoms with Gasteiger partial charge in [0.15, 0.2) is 0 Å². The van der Waals surface area contributed by atoms with Crippen LogP contribution in [0, 0.1) is 11.6 Å². The normalized spacial score (nSPS) is 15.0. The monoisotopic (exact) mass is 376 g/mol. The first-order valence-corrected chi connectivity index (χ1v) is 8.81. The number of hydrogen-bond donors (Lipinski definition) is 1. The Hall–Kier alpha value is -2.65. The minimum Gasteiger partial charge on any atom is -0.339 e. The van der Waals surface area contributed by atoms with Crippen molar-refractivity contribution >= 4 is 22.9 Å². The van der Waals surface area contributed by atoms with E-state index in [0.29, 0.717) is 24.8 Å². The van der Waals surface area contributed by atoms with Crippen LogP contribution in [0.5, 0.6) is 0 Å². The van der Waals surface area contributed by atoms with Gasteiger partial charge in [-0.25, -0.2) is 8.78 Å². The molecule has 0 spiro atoms. The van der Waals surface area contributed by atoms with Crippen LogP contribution in [0.1, 0.15) is 11.8 Å². The van der Waals surface area contributed by atoms with E-state index in [4.69, 9.17) is 4.52 Å². The molecule has 0 unspecified atom stereocenters. The highest BCUT2D eigenvalue weighted by Crippen LogP contribution is 2.28. The molecule has 134 valence electrons. The fourth-order valence-corrected chi connectivity index (χ4v) is 3.39. The molecule has 1 N–H and O–H groups in total. The summed E-state index contributed by atoms with van der Waals surface area (Å²) in [6, 6.07) is 6.87. The molecule has 9 heteroatoms. The summed E-state index contributed by atoms with van der Waals surface area (Å²) in [6.45, 7) is 1.32. The van der Waals surface area contributed by atoms with E-state index in [2.05, 4.69) is 15.5 Å². The van der Waals surface area contributed by atoms with Crippen LogP contribution in [0.3, 0.4) is 0 Å². The zero-order valence-electron chi connectivity index (χ0n) is 13.5. The van der Waals surface area contributed by atoms with Crippen molar-refractivity contribution in [1.29, 1.82) is 0 Å². The largest absolute Gasteiger partial charge is 0.339 e. The van der Waals surface area contributed by atoms with Crippen molar-refractivity contribution in [3.63, 3.8) is 0 Å². The van der Waals surface area contributed by atoms with Crippen LogP contribution in [0.25, 0.3) is 10.7 Å². The molecule has 6 nitrogen and oxygen atoms in total. The standard InChI is InChI=1S/C17H14F2N4O2S/c18-11-3-4-13(12(19)6-11)20-15(24)9-23-7-10(8-23)17-21-16(22-25-17)14-2-1-5-26-14/h1-6,10H,7-9H2,(H,20,24). The number of likely N-dealkylation sites (tertiary alicyclic amines) is 1. The van der Waals surface area contributed by atoms with Crippen LogP contribution in [0.2, 0.25) is 0 Å². The maximum Gasteiger partial charge on any atom is 0.238 e. The van der Waals surface area contributed by atoms with Crippen LogP contribution in [0.4, 0.5) is 14.5 Å². The maximum absolute atomic E-state index is 13.6. The Morgan fingerprint density at radius 1 is 1.35 bits per heavy atom. The maximum atomic E-state index is 13.6. The van der Waals surface area contributed by atoms with Crippen molar-refractivity contribution in [2.45, 2.75) is 5.92 Å². The van der Waals surface area contributed by atoms with Crippen LogP contribution < -0.4 is 5.32 Å². The molecular weight excluding hydrogens is 362 g/mol. The van der Waals surface area contributed by atoms with Crippen molar-refractivity contribution in [1.82, 2.24) is 15.0 Å². The third-order valence-corrected chi connectivity index (χ3v) is 4.93. The molecule has 1 fully saturated rings. The van der Waals surface area contributed by atoms with E-state index in [1.807, 2.05) is 22.4 Å². The third kappa shape index (κ3) is 3.49. The smallest absolute Gasteiger partial charge is 0.238 e. The Bertz CT molecular complexity index is 923. The molecule has 0 aliphatic carbocycles.